The minimum Gasteiger partial charge on any atom is -0.309 e. The van der Waals surface area contributed by atoms with E-state index in [0.717, 1.165) is 113 Å². The molecule has 0 bridgehead atoms. The summed E-state index contributed by atoms with van der Waals surface area (Å²) in [5.41, 5.74) is 29.9. The molecule has 0 aliphatic rings. The molecular formula is C135H85N11S. The summed E-state index contributed by atoms with van der Waals surface area (Å²) in [5.74, 6) is 3.61. The highest BCUT2D eigenvalue weighted by Gasteiger charge is 2.27. The molecule has 0 N–H and O–H groups in total. The van der Waals surface area contributed by atoms with Gasteiger partial charge in [0.2, 0.25) is 0 Å². The van der Waals surface area contributed by atoms with E-state index >= 15 is 0 Å². The highest BCUT2D eigenvalue weighted by Crippen LogP contribution is 2.48. The van der Waals surface area contributed by atoms with Crippen molar-refractivity contribution < 1.29 is 0 Å². The van der Waals surface area contributed by atoms with Crippen molar-refractivity contribution in [1.82, 2.24) is 51.5 Å². The van der Waals surface area contributed by atoms with E-state index in [1.807, 2.05) is 17.4 Å². The van der Waals surface area contributed by atoms with Gasteiger partial charge in [0.05, 0.1) is 99.7 Å². The quantitative estimate of drug-likeness (QED) is 0.129. The molecule has 32 aromatic rings. The van der Waals surface area contributed by atoms with Gasteiger partial charge in [-0.25, -0.2) is 15.0 Å². The van der Waals surface area contributed by atoms with Crippen LogP contribution in [0.2, 0.25) is 0 Å². The van der Waals surface area contributed by atoms with Crippen LogP contribution < -0.4 is 0 Å². The van der Waals surface area contributed by atoms with Crippen LogP contribution in [0.5, 0.6) is 0 Å². The molecular weight excluding hydrogens is 1810 g/mol. The van der Waals surface area contributed by atoms with Crippen molar-refractivity contribution in [2.45, 2.75) is 0 Å². The fraction of sp³-hybridized carbons (Fsp3) is 0. The second-order valence-electron chi connectivity index (χ2n) is 38.1. The zero-order valence-electron chi connectivity index (χ0n) is 79.4. The van der Waals surface area contributed by atoms with Gasteiger partial charge in [-0.2, -0.15) is 0 Å². The van der Waals surface area contributed by atoms with Gasteiger partial charge in [-0.3, -0.25) is 18.3 Å². The lowest BCUT2D eigenvalue weighted by atomic mass is 10.0. The van der Waals surface area contributed by atoms with Crippen molar-refractivity contribution in [2.75, 3.05) is 0 Å². The smallest absolute Gasteiger partial charge is 0.140 e. The molecule has 0 saturated heterocycles. The van der Waals surface area contributed by atoms with Crippen LogP contribution in [0.15, 0.2) is 516 Å². The number of pyridine rings is 3. The van der Waals surface area contributed by atoms with E-state index in [9.17, 15) is 0 Å². The average Bonchev–Trinajstić information content (AvgIpc) is 1.56. The van der Waals surface area contributed by atoms with Crippen molar-refractivity contribution in [2.24, 2.45) is 0 Å². The molecule has 0 radical (unpaired) electrons. The summed E-state index contributed by atoms with van der Waals surface area (Å²) in [7, 11) is 0. The summed E-state index contributed by atoms with van der Waals surface area (Å²) in [5, 5.41) is 22.2. The van der Waals surface area contributed by atoms with Crippen molar-refractivity contribution >= 4 is 206 Å². The van der Waals surface area contributed by atoms with Gasteiger partial charge in [0.25, 0.3) is 0 Å². The first kappa shape index (κ1) is 83.3. The van der Waals surface area contributed by atoms with Gasteiger partial charge in [0.15, 0.2) is 0 Å². The zero-order chi connectivity index (χ0) is 96.4. The van der Waals surface area contributed by atoms with Crippen molar-refractivity contribution in [3.05, 3.63) is 516 Å². The molecule has 0 saturated carbocycles. The first-order valence-electron chi connectivity index (χ1n) is 50.0. The lowest BCUT2D eigenvalue weighted by molar-refractivity contribution is 1.01. The Morgan fingerprint density at radius 3 is 0.755 bits per heavy atom. The highest BCUT2D eigenvalue weighted by molar-refractivity contribution is 7.25. The van der Waals surface area contributed by atoms with Crippen LogP contribution in [0, 0.1) is 0 Å². The summed E-state index contributed by atoms with van der Waals surface area (Å²) in [6, 6.07) is 185. The minimum atomic E-state index is 0.895. The molecule has 0 aliphatic carbocycles. The highest BCUT2D eigenvalue weighted by atomic mass is 32.1. The Balaban J connectivity index is 0.000000102. The second kappa shape index (κ2) is 33.6. The summed E-state index contributed by atoms with van der Waals surface area (Å²) in [6.45, 7) is 0. The van der Waals surface area contributed by atoms with Crippen LogP contribution in [0.3, 0.4) is 0 Å². The number of para-hydroxylation sites is 12. The number of benzene rings is 20. The Labute approximate surface area is 846 Å². The van der Waals surface area contributed by atoms with Crippen molar-refractivity contribution in [3.63, 3.8) is 0 Å². The van der Waals surface area contributed by atoms with Crippen LogP contribution in [0.4, 0.5) is 0 Å². The number of fused-ring (bicyclic) bond motifs is 27. The Morgan fingerprint density at radius 2 is 0.361 bits per heavy atom. The molecule has 12 heterocycles. The maximum absolute atomic E-state index is 5.38. The number of rotatable bonds is 11. The van der Waals surface area contributed by atoms with E-state index in [4.69, 9.17) is 15.0 Å². The molecule has 12 aromatic heterocycles. The predicted molar refractivity (Wildman–Crippen MR) is 617 cm³/mol. The number of aromatic nitrogens is 11. The monoisotopic (exact) mass is 1890 g/mol. The molecule has 0 atom stereocenters. The molecule has 147 heavy (non-hydrogen) atoms. The van der Waals surface area contributed by atoms with Crippen LogP contribution in [0.1, 0.15) is 0 Å². The molecule has 32 rings (SSSR count). The maximum atomic E-state index is 5.38. The Hall–Kier alpha value is -19.5. The van der Waals surface area contributed by atoms with Crippen LogP contribution in [-0.2, 0) is 0 Å². The van der Waals surface area contributed by atoms with Gasteiger partial charge in [0, 0.05) is 140 Å². The van der Waals surface area contributed by atoms with Gasteiger partial charge in [-0.05, 0) is 217 Å². The molecule has 12 heteroatoms. The third kappa shape index (κ3) is 13.3. The first-order valence-corrected chi connectivity index (χ1v) is 50.8. The average molecular weight is 1890 g/mol. The summed E-state index contributed by atoms with van der Waals surface area (Å²) >= 11 is 1.86. The van der Waals surface area contributed by atoms with Gasteiger partial charge in [0.1, 0.15) is 23.3 Å². The van der Waals surface area contributed by atoms with Gasteiger partial charge in [-0.1, -0.05) is 309 Å². The molecule has 0 unspecified atom stereocenters. The largest absolute Gasteiger partial charge is 0.309 e. The van der Waals surface area contributed by atoms with Crippen LogP contribution in [0.25, 0.3) is 274 Å². The Morgan fingerprint density at radius 1 is 0.122 bits per heavy atom. The van der Waals surface area contributed by atoms with E-state index < -0.39 is 0 Å². The first-order chi connectivity index (χ1) is 72.9. The summed E-state index contributed by atoms with van der Waals surface area (Å²) in [4.78, 5) is 16.0. The van der Waals surface area contributed by atoms with E-state index in [1.165, 1.54) is 162 Å². The third-order valence-electron chi connectivity index (χ3n) is 30.0. The Kier molecular flexibility index (Phi) is 19.0. The molecule has 0 spiro atoms. The van der Waals surface area contributed by atoms with E-state index in [0.29, 0.717) is 0 Å². The second-order valence-corrected chi connectivity index (χ2v) is 39.2. The topological polar surface area (TPSA) is 78.1 Å². The molecule has 0 aliphatic heterocycles. The summed E-state index contributed by atoms with van der Waals surface area (Å²) in [6.07, 6.45) is 0. The molecule has 20 aromatic carbocycles. The Bertz CT molecular complexity index is 10900. The fourth-order valence-electron chi connectivity index (χ4n) is 23.6. The van der Waals surface area contributed by atoms with Crippen molar-refractivity contribution in [1.29, 1.82) is 0 Å². The van der Waals surface area contributed by atoms with E-state index in [2.05, 4.69) is 546 Å². The minimum absolute atomic E-state index is 0.895. The van der Waals surface area contributed by atoms with Crippen LogP contribution in [-0.4, -0.2) is 51.5 Å². The predicted octanol–water partition coefficient (Wildman–Crippen LogP) is 35.4. The molecule has 0 amide bonds. The van der Waals surface area contributed by atoms with Gasteiger partial charge in [-0.15, -0.1) is 11.3 Å². The number of thiophene rings is 1. The maximum Gasteiger partial charge on any atom is 0.140 e. The third-order valence-corrected chi connectivity index (χ3v) is 31.1. The van der Waals surface area contributed by atoms with Crippen molar-refractivity contribution in [3.8, 4) is 79.7 Å². The molecule has 686 valence electrons. The SMILES string of the molecule is c1ccc(-c2cccc(-n3c4ccccc4c4cc5c(cc43)c3ccccc3n5-c3cccc(-c4ccc5sc6ccccc6c5c4)c3)n2)cc1.c1ccc(-n2c3ccccc3c3cc(-c4cccc(-n5c6ccccc6c6cc7c(cc65)c5ccccc5n7-c5ccccc5)n4)ccc32)cc1.c1ccc(-n2c3ccccc3c3cc4c(cc32)c2ccccc2n4-c2cccc(-n3c4ccccc4c4ccccc43)n2)cc1. The number of hydrogen-bond donors (Lipinski definition) is 0. The number of hydrogen-bond acceptors (Lipinski definition) is 4. The van der Waals surface area contributed by atoms with Gasteiger partial charge < -0.3 is 18.3 Å². The normalized spacial score (nSPS) is 11.9. The molecule has 0 fully saturated rings. The van der Waals surface area contributed by atoms with E-state index in [-0.39, 0.29) is 0 Å². The lowest BCUT2D eigenvalue weighted by Crippen LogP contribution is -2.03. The lowest BCUT2D eigenvalue weighted by Gasteiger charge is -2.12. The number of nitrogens with zero attached hydrogens (tertiary/aromatic N) is 11. The zero-order valence-corrected chi connectivity index (χ0v) is 80.2. The van der Waals surface area contributed by atoms with E-state index in [1.54, 1.807) is 0 Å². The standard InChI is InChI=1S/C47H30N4.C47H29N3S.C41H26N4/c1-3-14-32(15-4-1)49-41-22-10-7-18-34(41)37-28-31(26-27-44(37)49)40-21-13-25-47(48-40)51-43-24-12-9-20-36(43)39-29-45-38(30-46(39)51)35-19-8-11-23-42(35)50(45)33-16-5-2-6-17-33;1-2-12-30(13-3-1)40-19-11-23-47(48-40)50-42-21-8-5-17-35(42)38-28-43-37(29-44(38)50)34-16-4-7-20-41(34)49(43)33-15-10-14-31(26-33)32-24-25-46-39(27-32)36-18-6-9-22-45(36)51-46;1-2-13-27(14-3-1)43-34-19-8-6-17-30(34)32-26-39-33(25-38(32)43)31-18-7-11-22-37(31)45(39)41-24-12-23-40(42-41)44-35-20-9-4-15-28(35)29-16-5-10-21-36(29)44/h1-30H;1-29H;1-26H. The van der Waals surface area contributed by atoms with Gasteiger partial charge >= 0.3 is 0 Å². The fourth-order valence-corrected chi connectivity index (χ4v) is 24.7. The van der Waals surface area contributed by atoms with Crippen LogP contribution >= 0.6 is 11.3 Å². The summed E-state index contributed by atoms with van der Waals surface area (Å²) < 4.78 is 21.5. The molecule has 11 nitrogen and oxygen atoms in total.